The number of nitrogens with zero attached hydrogens (tertiary/aromatic N) is 2. The normalized spacial score (nSPS) is 44.2. The van der Waals surface area contributed by atoms with Crippen LogP contribution in [-0.2, 0) is 0 Å². The molecule has 1 saturated heterocycles. The van der Waals surface area contributed by atoms with Gasteiger partial charge in [0.05, 0.1) is 6.10 Å². The summed E-state index contributed by atoms with van der Waals surface area (Å²) in [7, 11) is 0. The zero-order valence-corrected chi connectivity index (χ0v) is 11.9. The molecule has 3 nitrogen and oxygen atoms in total. The standard InChI is InChI=1S/C15H28N2O/c1-11-9-12(2)15(14(18)10-11)17-7-5-16(6-8-17)13-3-4-13/h11-15,18H,3-10H2,1-2H3. The van der Waals surface area contributed by atoms with Crippen molar-refractivity contribution in [1.82, 2.24) is 9.80 Å². The van der Waals surface area contributed by atoms with E-state index in [-0.39, 0.29) is 6.10 Å². The minimum absolute atomic E-state index is 0.101. The Morgan fingerprint density at radius 3 is 2.06 bits per heavy atom. The fourth-order valence-electron chi connectivity index (χ4n) is 4.24. The van der Waals surface area contributed by atoms with Gasteiger partial charge in [-0.2, -0.15) is 0 Å². The Balaban J connectivity index is 1.57. The number of aliphatic hydroxyl groups is 1. The maximum atomic E-state index is 10.4. The second kappa shape index (κ2) is 5.10. The van der Waals surface area contributed by atoms with Gasteiger partial charge in [-0.15, -0.1) is 0 Å². The SMILES string of the molecule is CC1CC(C)C(N2CCN(C3CC3)CC2)C(O)C1. The summed E-state index contributed by atoms with van der Waals surface area (Å²) in [4.78, 5) is 5.22. The second-order valence-electron chi connectivity index (χ2n) is 6.91. The van der Waals surface area contributed by atoms with Gasteiger partial charge in [0.2, 0.25) is 0 Å². The summed E-state index contributed by atoms with van der Waals surface area (Å²) >= 11 is 0. The minimum Gasteiger partial charge on any atom is -0.391 e. The minimum atomic E-state index is -0.101. The highest BCUT2D eigenvalue weighted by Gasteiger charge is 2.39. The summed E-state index contributed by atoms with van der Waals surface area (Å²) in [6, 6.07) is 1.32. The molecule has 18 heavy (non-hydrogen) atoms. The van der Waals surface area contributed by atoms with E-state index in [2.05, 4.69) is 23.6 Å². The van der Waals surface area contributed by atoms with Crippen molar-refractivity contribution in [3.05, 3.63) is 0 Å². The van der Waals surface area contributed by atoms with Crippen molar-refractivity contribution < 1.29 is 5.11 Å². The third-order valence-corrected chi connectivity index (χ3v) is 5.23. The number of hydrogen-bond acceptors (Lipinski definition) is 3. The van der Waals surface area contributed by atoms with Gasteiger partial charge >= 0.3 is 0 Å². The van der Waals surface area contributed by atoms with Crippen molar-refractivity contribution in [2.24, 2.45) is 11.8 Å². The van der Waals surface area contributed by atoms with Crippen LogP contribution in [0.15, 0.2) is 0 Å². The zero-order chi connectivity index (χ0) is 12.7. The van der Waals surface area contributed by atoms with E-state index in [4.69, 9.17) is 0 Å². The summed E-state index contributed by atoms with van der Waals surface area (Å²) < 4.78 is 0. The molecule has 4 unspecified atom stereocenters. The van der Waals surface area contributed by atoms with Gasteiger partial charge < -0.3 is 5.11 Å². The fourth-order valence-corrected chi connectivity index (χ4v) is 4.24. The van der Waals surface area contributed by atoms with E-state index in [1.54, 1.807) is 0 Å². The van der Waals surface area contributed by atoms with Crippen LogP contribution >= 0.6 is 0 Å². The van der Waals surface area contributed by atoms with E-state index >= 15 is 0 Å². The molecule has 0 aromatic rings. The Bertz CT molecular complexity index is 272. The van der Waals surface area contributed by atoms with Crippen molar-refractivity contribution in [2.45, 2.75) is 57.7 Å². The van der Waals surface area contributed by atoms with Crippen LogP contribution in [0, 0.1) is 11.8 Å². The van der Waals surface area contributed by atoms with E-state index < -0.39 is 0 Å². The highest BCUT2D eigenvalue weighted by atomic mass is 16.3. The predicted molar refractivity (Wildman–Crippen MR) is 73.5 cm³/mol. The molecule has 0 spiro atoms. The molecule has 3 rings (SSSR count). The van der Waals surface area contributed by atoms with Gasteiger partial charge in [-0.05, 0) is 37.5 Å². The molecule has 0 amide bonds. The van der Waals surface area contributed by atoms with E-state index in [0.717, 1.165) is 25.6 Å². The average molecular weight is 252 g/mol. The van der Waals surface area contributed by atoms with Crippen LogP contribution in [0.2, 0.25) is 0 Å². The first-order chi connectivity index (χ1) is 8.65. The Morgan fingerprint density at radius 1 is 0.889 bits per heavy atom. The van der Waals surface area contributed by atoms with Crippen molar-refractivity contribution in [3.8, 4) is 0 Å². The van der Waals surface area contributed by atoms with Crippen LogP contribution < -0.4 is 0 Å². The number of hydrogen-bond donors (Lipinski definition) is 1. The topological polar surface area (TPSA) is 26.7 Å². The third-order valence-electron chi connectivity index (χ3n) is 5.23. The molecule has 1 N–H and O–H groups in total. The van der Waals surface area contributed by atoms with Crippen LogP contribution in [0.3, 0.4) is 0 Å². The van der Waals surface area contributed by atoms with E-state index in [9.17, 15) is 5.11 Å². The second-order valence-corrected chi connectivity index (χ2v) is 6.91. The molecule has 104 valence electrons. The first-order valence-electron chi connectivity index (χ1n) is 7.81. The molecule has 0 aromatic heterocycles. The van der Waals surface area contributed by atoms with E-state index in [0.29, 0.717) is 17.9 Å². The van der Waals surface area contributed by atoms with Crippen LogP contribution in [0.25, 0.3) is 0 Å². The quantitative estimate of drug-likeness (QED) is 0.808. The van der Waals surface area contributed by atoms with Crippen molar-refractivity contribution in [1.29, 1.82) is 0 Å². The van der Waals surface area contributed by atoms with E-state index in [1.165, 1.54) is 32.4 Å². The third kappa shape index (κ3) is 2.59. The van der Waals surface area contributed by atoms with Gasteiger partial charge in [0, 0.05) is 38.3 Å². The molecule has 2 saturated carbocycles. The number of piperazine rings is 1. The van der Waals surface area contributed by atoms with Gasteiger partial charge in [-0.3, -0.25) is 9.80 Å². The molecule has 2 aliphatic carbocycles. The Morgan fingerprint density at radius 2 is 1.50 bits per heavy atom. The molecular weight excluding hydrogens is 224 g/mol. The number of rotatable bonds is 2. The van der Waals surface area contributed by atoms with Crippen molar-refractivity contribution >= 4 is 0 Å². The van der Waals surface area contributed by atoms with Gasteiger partial charge in [-0.1, -0.05) is 13.8 Å². The Kier molecular flexibility index (Phi) is 3.65. The lowest BCUT2D eigenvalue weighted by atomic mass is 9.77. The molecule has 0 radical (unpaired) electrons. The Hall–Kier alpha value is -0.120. The van der Waals surface area contributed by atoms with Gasteiger partial charge in [-0.25, -0.2) is 0 Å². The smallest absolute Gasteiger partial charge is 0.0700 e. The summed E-state index contributed by atoms with van der Waals surface area (Å²) in [6.45, 7) is 9.37. The molecule has 1 aliphatic heterocycles. The largest absolute Gasteiger partial charge is 0.391 e. The van der Waals surface area contributed by atoms with Gasteiger partial charge in [0.15, 0.2) is 0 Å². The monoisotopic (exact) mass is 252 g/mol. The van der Waals surface area contributed by atoms with Crippen LogP contribution in [0.4, 0.5) is 0 Å². The summed E-state index contributed by atoms with van der Waals surface area (Å²) in [5, 5.41) is 10.4. The fraction of sp³-hybridized carbons (Fsp3) is 1.00. The first-order valence-corrected chi connectivity index (χ1v) is 7.81. The lowest BCUT2D eigenvalue weighted by molar-refractivity contribution is -0.0417. The molecular formula is C15H28N2O. The lowest BCUT2D eigenvalue weighted by Gasteiger charge is -2.47. The maximum absolute atomic E-state index is 10.4. The van der Waals surface area contributed by atoms with Crippen LogP contribution in [0.1, 0.15) is 39.5 Å². The molecule has 0 aromatic carbocycles. The maximum Gasteiger partial charge on any atom is 0.0700 e. The molecule has 0 bridgehead atoms. The summed E-state index contributed by atoms with van der Waals surface area (Å²) in [5.74, 6) is 1.34. The lowest BCUT2D eigenvalue weighted by Crippen LogP contribution is -2.57. The number of aliphatic hydroxyl groups excluding tert-OH is 1. The molecule has 1 heterocycles. The van der Waals surface area contributed by atoms with Crippen LogP contribution in [-0.4, -0.2) is 59.3 Å². The van der Waals surface area contributed by atoms with Crippen LogP contribution in [0.5, 0.6) is 0 Å². The van der Waals surface area contributed by atoms with Crippen molar-refractivity contribution in [3.63, 3.8) is 0 Å². The molecule has 4 atom stereocenters. The molecule has 3 fully saturated rings. The summed E-state index contributed by atoms with van der Waals surface area (Å²) in [6.07, 6.45) is 5.01. The van der Waals surface area contributed by atoms with Gasteiger partial charge in [0.1, 0.15) is 0 Å². The summed E-state index contributed by atoms with van der Waals surface area (Å²) in [5.41, 5.74) is 0. The van der Waals surface area contributed by atoms with Crippen molar-refractivity contribution in [2.75, 3.05) is 26.2 Å². The highest BCUT2D eigenvalue weighted by molar-refractivity contribution is 4.94. The van der Waals surface area contributed by atoms with E-state index in [1.807, 2.05) is 0 Å². The zero-order valence-electron chi connectivity index (χ0n) is 11.9. The average Bonchev–Trinajstić information content (AvgIpc) is 3.12. The first kappa shape index (κ1) is 12.9. The predicted octanol–water partition coefficient (Wildman–Crippen LogP) is 1.56. The highest BCUT2D eigenvalue weighted by Crippen LogP contribution is 2.34. The Labute approximate surface area is 111 Å². The molecule has 3 heteroatoms. The molecule has 3 aliphatic rings. The van der Waals surface area contributed by atoms with Gasteiger partial charge in [0.25, 0.3) is 0 Å².